The van der Waals surface area contributed by atoms with Crippen LogP contribution in [0.1, 0.15) is 22.9 Å². The van der Waals surface area contributed by atoms with Crippen molar-refractivity contribution in [1.82, 2.24) is 9.97 Å². The Bertz CT molecular complexity index is 881. The van der Waals surface area contributed by atoms with E-state index in [1.807, 2.05) is 25.3 Å². The van der Waals surface area contributed by atoms with Crippen LogP contribution in [0.25, 0.3) is 27.5 Å². The first-order valence-corrected chi connectivity index (χ1v) is 8.45. The van der Waals surface area contributed by atoms with Gasteiger partial charge in [-0.1, -0.05) is 30.9 Å². The number of nitrogens with one attached hydrogen (secondary N) is 1. The molecule has 2 heterocycles. The van der Waals surface area contributed by atoms with Gasteiger partial charge in [0.1, 0.15) is 5.82 Å². The minimum absolute atomic E-state index is 0.900. The van der Waals surface area contributed by atoms with Crippen molar-refractivity contribution in [3.8, 4) is 22.0 Å². The number of thiophene rings is 1. The number of rotatable bonds is 4. The summed E-state index contributed by atoms with van der Waals surface area (Å²) in [5, 5.41) is 0. The van der Waals surface area contributed by atoms with Gasteiger partial charge in [0, 0.05) is 16.6 Å². The Morgan fingerprint density at radius 3 is 2.70 bits per heavy atom. The first kappa shape index (κ1) is 15.5. The molecule has 0 aliphatic heterocycles. The van der Waals surface area contributed by atoms with E-state index >= 15 is 0 Å². The van der Waals surface area contributed by atoms with Crippen LogP contribution in [0.2, 0.25) is 0 Å². The van der Waals surface area contributed by atoms with Gasteiger partial charge in [-0.3, -0.25) is 0 Å². The lowest BCUT2D eigenvalue weighted by molar-refractivity contribution is 1.30. The lowest BCUT2D eigenvalue weighted by Gasteiger charge is -2.07. The second-order valence-corrected chi connectivity index (χ2v) is 6.89. The van der Waals surface area contributed by atoms with Crippen LogP contribution in [0.3, 0.4) is 0 Å². The van der Waals surface area contributed by atoms with Gasteiger partial charge in [0.25, 0.3) is 0 Å². The summed E-state index contributed by atoms with van der Waals surface area (Å²) in [6.07, 6.45) is 6.02. The highest BCUT2D eigenvalue weighted by Gasteiger charge is 2.09. The van der Waals surface area contributed by atoms with Gasteiger partial charge in [0.2, 0.25) is 0 Å². The molecule has 2 aromatic heterocycles. The number of aromatic nitrogens is 2. The molecule has 0 radical (unpaired) electrons. The van der Waals surface area contributed by atoms with Gasteiger partial charge in [-0.25, -0.2) is 4.98 Å². The third-order valence-corrected chi connectivity index (χ3v) is 4.81. The van der Waals surface area contributed by atoms with Crippen molar-refractivity contribution in [2.75, 3.05) is 0 Å². The smallest absolute Gasteiger partial charge is 0.138 e. The van der Waals surface area contributed by atoms with E-state index in [4.69, 9.17) is 4.98 Å². The fourth-order valence-corrected chi connectivity index (χ4v) is 3.46. The topological polar surface area (TPSA) is 28.7 Å². The first-order chi connectivity index (χ1) is 11.1. The number of imidazole rings is 1. The molecule has 3 aromatic rings. The second-order valence-electron chi connectivity index (χ2n) is 5.60. The number of hydrogen-bond acceptors (Lipinski definition) is 2. The van der Waals surface area contributed by atoms with Crippen LogP contribution in [0.5, 0.6) is 0 Å². The van der Waals surface area contributed by atoms with Crippen LogP contribution in [-0.2, 0) is 0 Å². The maximum atomic E-state index is 4.73. The van der Waals surface area contributed by atoms with Gasteiger partial charge in [0.15, 0.2) is 0 Å². The molecular weight excluding hydrogens is 300 g/mol. The molecule has 0 spiro atoms. The van der Waals surface area contributed by atoms with Gasteiger partial charge in [-0.05, 0) is 55.7 Å². The van der Waals surface area contributed by atoms with Crippen molar-refractivity contribution >= 4 is 16.9 Å². The number of aromatic amines is 1. The average Bonchev–Trinajstić information content (AvgIpc) is 3.16. The lowest BCUT2D eigenvalue weighted by Crippen LogP contribution is -1.88. The maximum absolute atomic E-state index is 4.73. The number of H-pyrrole nitrogens is 1. The Balaban J connectivity index is 1.92. The van der Waals surface area contributed by atoms with Crippen molar-refractivity contribution in [3.05, 3.63) is 71.3 Å². The summed E-state index contributed by atoms with van der Waals surface area (Å²) in [5.74, 6) is 0.900. The molecule has 0 aliphatic rings. The minimum Gasteiger partial charge on any atom is -0.344 e. The van der Waals surface area contributed by atoms with Crippen molar-refractivity contribution in [2.24, 2.45) is 0 Å². The van der Waals surface area contributed by atoms with E-state index in [9.17, 15) is 0 Å². The molecule has 1 aromatic carbocycles. The van der Waals surface area contributed by atoms with E-state index in [0.717, 1.165) is 22.7 Å². The number of aryl methyl sites for hydroxylation is 2. The second kappa shape index (κ2) is 6.39. The predicted octanol–water partition coefficient (Wildman–Crippen LogP) is 6.01. The molecular formula is C20H20N2S. The summed E-state index contributed by atoms with van der Waals surface area (Å²) in [7, 11) is 0. The Morgan fingerprint density at radius 1 is 1.22 bits per heavy atom. The number of hydrogen-bond donors (Lipinski definition) is 1. The fraction of sp³-hybridized carbons (Fsp3) is 0.150. The summed E-state index contributed by atoms with van der Waals surface area (Å²) in [4.78, 5) is 10.5. The van der Waals surface area contributed by atoms with Crippen LogP contribution >= 0.6 is 11.3 Å². The van der Waals surface area contributed by atoms with Crippen LogP contribution in [-0.4, -0.2) is 9.97 Å². The molecule has 3 rings (SSSR count). The van der Waals surface area contributed by atoms with Crippen LogP contribution in [0.4, 0.5) is 0 Å². The molecule has 0 amide bonds. The van der Waals surface area contributed by atoms with Crippen molar-refractivity contribution < 1.29 is 0 Å². The molecule has 23 heavy (non-hydrogen) atoms. The third kappa shape index (κ3) is 3.20. The summed E-state index contributed by atoms with van der Waals surface area (Å²) in [6.45, 7) is 10.3. The largest absolute Gasteiger partial charge is 0.344 e. The molecule has 2 nitrogen and oxygen atoms in total. The molecule has 0 saturated heterocycles. The van der Waals surface area contributed by atoms with Crippen LogP contribution < -0.4 is 0 Å². The molecule has 0 unspecified atom stereocenters. The van der Waals surface area contributed by atoms with E-state index in [-0.39, 0.29) is 0 Å². The summed E-state index contributed by atoms with van der Waals surface area (Å²) < 4.78 is 0. The molecule has 3 heteroatoms. The van der Waals surface area contributed by atoms with Crippen LogP contribution in [0, 0.1) is 13.8 Å². The number of allylic oxidation sites excluding steroid dienone is 3. The highest BCUT2D eigenvalue weighted by Crippen LogP contribution is 2.29. The molecule has 0 aliphatic carbocycles. The van der Waals surface area contributed by atoms with Gasteiger partial charge in [-0.15, -0.1) is 11.3 Å². The number of nitrogens with zero attached hydrogens (tertiary/aromatic N) is 1. The highest BCUT2D eigenvalue weighted by atomic mass is 32.1. The quantitative estimate of drug-likeness (QED) is 0.586. The zero-order valence-electron chi connectivity index (χ0n) is 13.7. The predicted molar refractivity (Wildman–Crippen MR) is 101 cm³/mol. The maximum Gasteiger partial charge on any atom is 0.138 e. The van der Waals surface area contributed by atoms with Gasteiger partial charge in [0.05, 0.1) is 10.6 Å². The first-order valence-electron chi connectivity index (χ1n) is 7.63. The van der Waals surface area contributed by atoms with Crippen LogP contribution in [0.15, 0.2) is 55.3 Å². The Labute approximate surface area is 141 Å². The zero-order chi connectivity index (χ0) is 16.4. The van der Waals surface area contributed by atoms with E-state index in [0.29, 0.717) is 0 Å². The molecule has 0 atom stereocenters. The summed E-state index contributed by atoms with van der Waals surface area (Å²) >= 11 is 1.76. The standard InChI is InChI=1S/C20H20N2S/c1-5-6-13(2)17-9-8-16(11-14(17)3)20-21-12-18(22-20)19-10-7-15(4)23-19/h5-12H,2H2,1,3-4H3,(H,21,22)/b6-5-. The van der Waals surface area contributed by atoms with Gasteiger partial charge >= 0.3 is 0 Å². The molecule has 116 valence electrons. The molecule has 0 fully saturated rings. The van der Waals surface area contributed by atoms with Gasteiger partial charge in [-0.2, -0.15) is 0 Å². The zero-order valence-corrected chi connectivity index (χ0v) is 14.5. The minimum atomic E-state index is 0.900. The Kier molecular flexibility index (Phi) is 4.30. The Morgan fingerprint density at radius 2 is 2.04 bits per heavy atom. The van der Waals surface area contributed by atoms with Crippen molar-refractivity contribution in [3.63, 3.8) is 0 Å². The molecule has 0 saturated carbocycles. The van der Waals surface area contributed by atoms with Crippen molar-refractivity contribution in [2.45, 2.75) is 20.8 Å². The number of benzene rings is 1. The SMILES string of the molecule is C=C(/C=C\C)c1ccc(-c2nc(-c3ccc(C)s3)c[nH]2)cc1C. The van der Waals surface area contributed by atoms with E-state index in [2.05, 4.69) is 55.7 Å². The van der Waals surface area contributed by atoms with Gasteiger partial charge < -0.3 is 4.98 Å². The highest BCUT2D eigenvalue weighted by molar-refractivity contribution is 7.15. The van der Waals surface area contributed by atoms with E-state index < -0.39 is 0 Å². The molecule has 0 bridgehead atoms. The molecule has 1 N–H and O–H groups in total. The Hall–Kier alpha value is -2.39. The monoisotopic (exact) mass is 320 g/mol. The fourth-order valence-electron chi connectivity index (χ4n) is 2.63. The van der Waals surface area contributed by atoms with E-state index in [1.165, 1.54) is 20.9 Å². The third-order valence-electron chi connectivity index (χ3n) is 3.78. The van der Waals surface area contributed by atoms with E-state index in [1.54, 1.807) is 11.3 Å². The van der Waals surface area contributed by atoms with Crippen molar-refractivity contribution in [1.29, 1.82) is 0 Å². The summed E-state index contributed by atoms with van der Waals surface area (Å²) in [6, 6.07) is 10.6. The summed E-state index contributed by atoms with van der Waals surface area (Å²) in [5.41, 5.74) is 5.51. The lowest BCUT2D eigenvalue weighted by atomic mass is 9.99. The normalized spacial score (nSPS) is 11.3. The average molecular weight is 320 g/mol.